The summed E-state index contributed by atoms with van der Waals surface area (Å²) in [6, 6.07) is 11.1. The van der Waals surface area contributed by atoms with Crippen molar-refractivity contribution in [1.82, 2.24) is 35.1 Å². The van der Waals surface area contributed by atoms with Crippen LogP contribution in [0.25, 0.3) is 55.4 Å². The van der Waals surface area contributed by atoms with Crippen LogP contribution in [0.3, 0.4) is 0 Å². The molecule has 6 aromatic rings. The number of aromatic hydroxyl groups is 1. The highest BCUT2D eigenvalue weighted by Gasteiger charge is 2.18. The lowest BCUT2D eigenvalue weighted by Gasteiger charge is -2.01. The Morgan fingerprint density at radius 3 is 2.77 bits per heavy atom. The maximum absolute atomic E-state index is 9.74. The average Bonchev–Trinajstić information content (AvgIpc) is 3.50. The number of fused-ring (bicyclic) bond motifs is 2. The normalized spacial score (nSPS) is 11.5. The third-order valence-corrected chi connectivity index (χ3v) is 6.14. The first-order valence-corrected chi connectivity index (χ1v) is 10.5. The fraction of sp³-hybridized carbons (Fsp3) is 0. The summed E-state index contributed by atoms with van der Waals surface area (Å²) < 4.78 is 0.715. The summed E-state index contributed by atoms with van der Waals surface area (Å²) in [5.41, 5.74) is 5.72. The number of halogens is 1. The predicted octanol–water partition coefficient (Wildman–Crippen LogP) is 5.05. The number of hydrogen-bond acceptors (Lipinski definition) is 7. The number of hydrogen-bond donors (Lipinski definition) is 3. The highest BCUT2D eigenvalue weighted by molar-refractivity contribution is 7.19. The van der Waals surface area contributed by atoms with E-state index in [1.54, 1.807) is 18.5 Å². The molecule has 0 fully saturated rings. The fourth-order valence-corrected chi connectivity index (χ4v) is 4.54. The first kappa shape index (κ1) is 18.0. The summed E-state index contributed by atoms with van der Waals surface area (Å²) in [6.07, 6.45) is 4.77. The van der Waals surface area contributed by atoms with Crippen molar-refractivity contribution < 1.29 is 5.11 Å². The van der Waals surface area contributed by atoms with E-state index in [2.05, 4.69) is 25.1 Å². The van der Waals surface area contributed by atoms with Crippen molar-refractivity contribution in [2.75, 3.05) is 0 Å². The molecule has 0 spiro atoms. The van der Waals surface area contributed by atoms with E-state index in [0.717, 1.165) is 21.5 Å². The van der Waals surface area contributed by atoms with Crippen molar-refractivity contribution in [3.8, 4) is 39.0 Å². The molecule has 6 rings (SSSR count). The van der Waals surface area contributed by atoms with E-state index in [0.29, 0.717) is 38.3 Å². The minimum Gasteiger partial charge on any atom is -0.506 e. The number of H-pyrrole nitrogens is 2. The van der Waals surface area contributed by atoms with Crippen LogP contribution >= 0.6 is 22.9 Å². The second-order valence-electron chi connectivity index (χ2n) is 6.84. The van der Waals surface area contributed by atoms with E-state index in [1.165, 1.54) is 17.5 Å². The fourth-order valence-electron chi connectivity index (χ4n) is 3.47. The number of nitrogens with one attached hydrogen (secondary N) is 2. The van der Waals surface area contributed by atoms with Gasteiger partial charge in [-0.25, -0.2) is 15.0 Å². The van der Waals surface area contributed by atoms with Crippen molar-refractivity contribution in [2.24, 2.45) is 0 Å². The van der Waals surface area contributed by atoms with Crippen LogP contribution in [0, 0.1) is 0 Å². The lowest BCUT2D eigenvalue weighted by molar-refractivity contribution is 0.473. The molecule has 150 valence electrons. The Hall–Kier alpha value is -3.82. The monoisotopic (exact) mass is 445 g/mol. The largest absolute Gasteiger partial charge is 0.506 e. The highest BCUT2D eigenvalue weighted by atomic mass is 35.5. The van der Waals surface area contributed by atoms with Crippen LogP contribution in [0.15, 0.2) is 55.0 Å². The van der Waals surface area contributed by atoms with E-state index >= 15 is 0 Å². The summed E-state index contributed by atoms with van der Waals surface area (Å²) in [6.45, 7) is 0. The average molecular weight is 446 g/mol. The van der Waals surface area contributed by atoms with Gasteiger partial charge in [-0.2, -0.15) is 5.10 Å². The number of pyridine rings is 3. The number of aromatic nitrogens is 7. The van der Waals surface area contributed by atoms with Gasteiger partial charge in [0.25, 0.3) is 0 Å². The Bertz CT molecular complexity index is 1590. The zero-order valence-corrected chi connectivity index (χ0v) is 17.2. The number of imidazole rings is 1. The summed E-state index contributed by atoms with van der Waals surface area (Å²) in [5, 5.41) is 17.2. The maximum Gasteiger partial charge on any atom is 0.162 e. The van der Waals surface area contributed by atoms with Crippen LogP contribution < -0.4 is 0 Å². The van der Waals surface area contributed by atoms with Gasteiger partial charge in [-0.1, -0.05) is 11.6 Å². The summed E-state index contributed by atoms with van der Waals surface area (Å²) in [4.78, 5) is 22.2. The van der Waals surface area contributed by atoms with Crippen molar-refractivity contribution >= 4 is 45.1 Å². The standard InChI is InChI=1S/C21H12ClN7OS/c22-16-4-3-15(31-16)12-5-6-24-20-17(12)26-21(27-20)19-18-14(28-29-19)2-1-13(25-18)10-7-11(30)9-23-8-10/h1-9,30H,(H,28,29)(H,24,26,27). The first-order chi connectivity index (χ1) is 15.2. The maximum atomic E-state index is 9.74. The SMILES string of the molecule is Oc1cncc(-c2ccc3[nH]nc(-c4nc5c(-c6ccc(Cl)s6)ccnc5[nH]4)c3n2)c1. The third kappa shape index (κ3) is 3.02. The molecular weight excluding hydrogens is 434 g/mol. The van der Waals surface area contributed by atoms with E-state index < -0.39 is 0 Å². The zero-order chi connectivity index (χ0) is 20.9. The van der Waals surface area contributed by atoms with Gasteiger partial charge in [0.15, 0.2) is 17.2 Å². The summed E-state index contributed by atoms with van der Waals surface area (Å²) in [5.74, 6) is 0.638. The molecule has 6 heterocycles. The molecule has 0 aliphatic heterocycles. The molecule has 0 bridgehead atoms. The van der Waals surface area contributed by atoms with Gasteiger partial charge in [0.2, 0.25) is 0 Å². The highest BCUT2D eigenvalue weighted by Crippen LogP contribution is 2.35. The molecule has 31 heavy (non-hydrogen) atoms. The minimum absolute atomic E-state index is 0.0800. The molecule has 0 saturated carbocycles. The molecule has 3 N–H and O–H groups in total. The van der Waals surface area contributed by atoms with Gasteiger partial charge in [-0.15, -0.1) is 11.3 Å². The van der Waals surface area contributed by atoms with Gasteiger partial charge in [-0.05, 0) is 36.4 Å². The molecule has 10 heteroatoms. The molecule has 0 aromatic carbocycles. The number of nitrogens with zero attached hydrogens (tertiary/aromatic N) is 5. The summed E-state index contributed by atoms with van der Waals surface area (Å²) >= 11 is 7.61. The molecule has 0 radical (unpaired) electrons. The Morgan fingerprint density at radius 1 is 1.00 bits per heavy atom. The van der Waals surface area contributed by atoms with E-state index in [9.17, 15) is 5.11 Å². The molecule has 8 nitrogen and oxygen atoms in total. The van der Waals surface area contributed by atoms with Gasteiger partial charge in [0, 0.05) is 28.4 Å². The Morgan fingerprint density at radius 2 is 1.94 bits per heavy atom. The number of aromatic amines is 2. The Kier molecular flexibility index (Phi) is 3.98. The van der Waals surface area contributed by atoms with Gasteiger partial charge >= 0.3 is 0 Å². The van der Waals surface area contributed by atoms with Crippen LogP contribution in [-0.4, -0.2) is 40.2 Å². The Balaban J connectivity index is 1.51. The molecule has 0 aliphatic carbocycles. The van der Waals surface area contributed by atoms with Gasteiger partial charge < -0.3 is 10.1 Å². The minimum atomic E-state index is 0.0800. The lowest BCUT2D eigenvalue weighted by Crippen LogP contribution is -1.87. The summed E-state index contributed by atoms with van der Waals surface area (Å²) in [7, 11) is 0. The van der Waals surface area contributed by atoms with Crippen LogP contribution in [0.1, 0.15) is 0 Å². The lowest BCUT2D eigenvalue weighted by atomic mass is 10.1. The second-order valence-corrected chi connectivity index (χ2v) is 8.56. The smallest absolute Gasteiger partial charge is 0.162 e. The van der Waals surface area contributed by atoms with E-state index in [1.807, 2.05) is 30.3 Å². The van der Waals surface area contributed by atoms with Gasteiger partial charge in [-0.3, -0.25) is 10.1 Å². The molecule has 0 aliphatic rings. The van der Waals surface area contributed by atoms with Crippen molar-refractivity contribution in [3.05, 3.63) is 59.3 Å². The molecule has 0 atom stereocenters. The topological polar surface area (TPSA) is 116 Å². The van der Waals surface area contributed by atoms with Crippen LogP contribution in [-0.2, 0) is 0 Å². The number of rotatable bonds is 3. The van der Waals surface area contributed by atoms with Crippen molar-refractivity contribution in [2.45, 2.75) is 0 Å². The molecule has 0 unspecified atom stereocenters. The Labute approximate surface area is 183 Å². The third-order valence-electron chi connectivity index (χ3n) is 4.87. The van der Waals surface area contributed by atoms with Gasteiger partial charge in [0.05, 0.1) is 21.7 Å². The van der Waals surface area contributed by atoms with E-state index in [4.69, 9.17) is 21.6 Å². The molecule has 0 saturated heterocycles. The number of thiophene rings is 1. The van der Waals surface area contributed by atoms with Crippen LogP contribution in [0.5, 0.6) is 5.75 Å². The molecule has 0 amide bonds. The second kappa shape index (κ2) is 6.86. The van der Waals surface area contributed by atoms with Crippen molar-refractivity contribution in [3.63, 3.8) is 0 Å². The van der Waals surface area contributed by atoms with E-state index in [-0.39, 0.29) is 5.75 Å². The van der Waals surface area contributed by atoms with Crippen LogP contribution in [0.4, 0.5) is 0 Å². The van der Waals surface area contributed by atoms with Crippen molar-refractivity contribution in [1.29, 1.82) is 0 Å². The van der Waals surface area contributed by atoms with Gasteiger partial charge in [0.1, 0.15) is 16.8 Å². The zero-order valence-electron chi connectivity index (χ0n) is 15.7. The quantitative estimate of drug-likeness (QED) is 0.351. The molecular formula is C21H12ClN7OS. The first-order valence-electron chi connectivity index (χ1n) is 9.26. The molecule has 6 aromatic heterocycles. The van der Waals surface area contributed by atoms with Crippen LogP contribution in [0.2, 0.25) is 4.34 Å². The predicted molar refractivity (Wildman–Crippen MR) is 120 cm³/mol.